The van der Waals surface area contributed by atoms with E-state index in [4.69, 9.17) is 10.5 Å². The third-order valence-electron chi connectivity index (χ3n) is 3.15. The molecule has 0 aliphatic rings. The predicted molar refractivity (Wildman–Crippen MR) is 75.9 cm³/mol. The van der Waals surface area contributed by atoms with Crippen molar-refractivity contribution in [3.8, 4) is 5.75 Å². The Morgan fingerprint density at radius 1 is 1.35 bits per heavy atom. The summed E-state index contributed by atoms with van der Waals surface area (Å²) in [6.45, 7) is 6.25. The fraction of sp³-hybridized carbons (Fsp3) is 0.400. The summed E-state index contributed by atoms with van der Waals surface area (Å²) in [5.41, 5.74) is 7.12. The molecule has 1 unspecified atom stereocenters. The van der Waals surface area contributed by atoms with Gasteiger partial charge < -0.3 is 15.0 Å². The molecule has 0 fully saturated rings. The second-order valence-electron chi connectivity index (χ2n) is 5.15. The van der Waals surface area contributed by atoms with Crippen LogP contribution in [-0.4, -0.2) is 9.55 Å². The standard InChI is InChI=1S/C15H20FN3O/c1-10(2)19-9-18-7-12(19)8-20-13-4-5-14(11(3)17)15(16)6-13/h4-7,9-11H,8,17H2,1-3H3. The monoisotopic (exact) mass is 277 g/mol. The van der Waals surface area contributed by atoms with E-state index in [9.17, 15) is 4.39 Å². The Bertz CT molecular complexity index is 578. The Kier molecular flexibility index (Phi) is 4.39. The first kappa shape index (κ1) is 14.5. The van der Waals surface area contributed by atoms with Gasteiger partial charge in [-0.05, 0) is 26.8 Å². The van der Waals surface area contributed by atoms with Crippen molar-refractivity contribution in [1.82, 2.24) is 9.55 Å². The molecule has 1 aromatic heterocycles. The topological polar surface area (TPSA) is 53.1 Å². The van der Waals surface area contributed by atoms with E-state index in [-0.39, 0.29) is 11.9 Å². The number of aromatic nitrogens is 2. The third kappa shape index (κ3) is 3.17. The van der Waals surface area contributed by atoms with E-state index in [0.717, 1.165) is 5.69 Å². The third-order valence-corrected chi connectivity index (χ3v) is 3.15. The van der Waals surface area contributed by atoms with Crippen molar-refractivity contribution in [2.24, 2.45) is 5.73 Å². The van der Waals surface area contributed by atoms with Crippen molar-refractivity contribution >= 4 is 0 Å². The Morgan fingerprint density at radius 3 is 2.70 bits per heavy atom. The van der Waals surface area contributed by atoms with Crippen LogP contribution in [0.5, 0.6) is 5.75 Å². The van der Waals surface area contributed by atoms with Crippen molar-refractivity contribution in [3.63, 3.8) is 0 Å². The van der Waals surface area contributed by atoms with Crippen LogP contribution in [0.3, 0.4) is 0 Å². The number of rotatable bonds is 5. The largest absolute Gasteiger partial charge is 0.487 e. The number of nitrogens with two attached hydrogens (primary N) is 1. The molecular formula is C15H20FN3O. The summed E-state index contributed by atoms with van der Waals surface area (Å²) in [6.07, 6.45) is 3.52. The molecule has 0 aliphatic carbocycles. The molecule has 108 valence electrons. The van der Waals surface area contributed by atoms with Crippen LogP contribution in [0.25, 0.3) is 0 Å². The lowest BCUT2D eigenvalue weighted by molar-refractivity contribution is 0.290. The molecule has 1 aromatic carbocycles. The highest BCUT2D eigenvalue weighted by molar-refractivity contribution is 5.30. The second-order valence-corrected chi connectivity index (χ2v) is 5.15. The Balaban J connectivity index is 2.08. The van der Waals surface area contributed by atoms with Crippen LogP contribution in [-0.2, 0) is 6.61 Å². The normalized spacial score (nSPS) is 12.7. The van der Waals surface area contributed by atoms with E-state index in [2.05, 4.69) is 18.8 Å². The molecule has 0 spiro atoms. The van der Waals surface area contributed by atoms with Crippen molar-refractivity contribution in [2.45, 2.75) is 39.5 Å². The Hall–Kier alpha value is -1.88. The van der Waals surface area contributed by atoms with Gasteiger partial charge in [-0.2, -0.15) is 0 Å². The van der Waals surface area contributed by atoms with Gasteiger partial charge in [0.1, 0.15) is 18.2 Å². The Morgan fingerprint density at radius 2 is 2.10 bits per heavy atom. The lowest BCUT2D eigenvalue weighted by Crippen LogP contribution is -2.09. The summed E-state index contributed by atoms with van der Waals surface area (Å²) in [4.78, 5) is 4.10. The van der Waals surface area contributed by atoms with Gasteiger partial charge in [0.25, 0.3) is 0 Å². The first-order chi connectivity index (χ1) is 9.49. The van der Waals surface area contributed by atoms with Crippen LogP contribution in [0.1, 0.15) is 44.1 Å². The number of hydrogen-bond donors (Lipinski definition) is 1. The van der Waals surface area contributed by atoms with Crippen molar-refractivity contribution in [3.05, 3.63) is 47.8 Å². The molecule has 0 saturated heterocycles. The fourth-order valence-corrected chi connectivity index (χ4v) is 2.03. The van der Waals surface area contributed by atoms with E-state index >= 15 is 0 Å². The number of halogens is 1. The zero-order chi connectivity index (χ0) is 14.7. The van der Waals surface area contributed by atoms with Crippen LogP contribution in [0.2, 0.25) is 0 Å². The first-order valence-electron chi connectivity index (χ1n) is 6.67. The van der Waals surface area contributed by atoms with Gasteiger partial charge in [0.05, 0.1) is 18.2 Å². The zero-order valence-electron chi connectivity index (χ0n) is 12.0. The van der Waals surface area contributed by atoms with Crippen molar-refractivity contribution in [2.75, 3.05) is 0 Å². The molecule has 0 amide bonds. The summed E-state index contributed by atoms with van der Waals surface area (Å²) < 4.78 is 21.4. The summed E-state index contributed by atoms with van der Waals surface area (Å²) >= 11 is 0. The summed E-state index contributed by atoms with van der Waals surface area (Å²) in [5, 5.41) is 0. The second kappa shape index (κ2) is 6.05. The van der Waals surface area contributed by atoms with Gasteiger partial charge in [-0.1, -0.05) is 6.07 Å². The van der Waals surface area contributed by atoms with Crippen molar-refractivity contribution in [1.29, 1.82) is 0 Å². The maximum absolute atomic E-state index is 13.8. The van der Waals surface area contributed by atoms with Crippen LogP contribution in [0.4, 0.5) is 4.39 Å². The quantitative estimate of drug-likeness (QED) is 0.913. The minimum Gasteiger partial charge on any atom is -0.487 e. The lowest BCUT2D eigenvalue weighted by Gasteiger charge is -2.13. The number of imidazole rings is 1. The Labute approximate surface area is 118 Å². The number of nitrogens with zero attached hydrogens (tertiary/aromatic N) is 2. The average Bonchev–Trinajstić information content (AvgIpc) is 2.84. The SMILES string of the molecule is CC(N)c1ccc(OCc2cncn2C(C)C)cc1F. The maximum Gasteiger partial charge on any atom is 0.131 e. The molecular weight excluding hydrogens is 257 g/mol. The minimum atomic E-state index is -0.338. The summed E-state index contributed by atoms with van der Waals surface area (Å²) in [7, 11) is 0. The molecule has 0 aliphatic heterocycles. The van der Waals surface area contributed by atoms with Gasteiger partial charge in [-0.25, -0.2) is 9.37 Å². The van der Waals surface area contributed by atoms with Crippen LogP contribution in [0, 0.1) is 5.82 Å². The van der Waals surface area contributed by atoms with Crippen LogP contribution < -0.4 is 10.5 Å². The van der Waals surface area contributed by atoms with E-state index in [1.165, 1.54) is 6.07 Å². The van der Waals surface area contributed by atoms with Gasteiger partial charge in [0.15, 0.2) is 0 Å². The number of hydrogen-bond acceptors (Lipinski definition) is 3. The highest BCUT2D eigenvalue weighted by atomic mass is 19.1. The van der Waals surface area contributed by atoms with Gasteiger partial charge in [0.2, 0.25) is 0 Å². The predicted octanol–water partition coefficient (Wildman–Crippen LogP) is 3.20. The smallest absolute Gasteiger partial charge is 0.131 e. The molecule has 0 bridgehead atoms. The maximum atomic E-state index is 13.8. The molecule has 2 N–H and O–H groups in total. The average molecular weight is 277 g/mol. The van der Waals surface area contributed by atoms with E-state index < -0.39 is 0 Å². The van der Waals surface area contributed by atoms with E-state index in [1.807, 2.05) is 4.57 Å². The van der Waals surface area contributed by atoms with Crippen LogP contribution in [0.15, 0.2) is 30.7 Å². The molecule has 2 rings (SSSR count). The van der Waals surface area contributed by atoms with Crippen molar-refractivity contribution < 1.29 is 9.13 Å². The molecule has 4 nitrogen and oxygen atoms in total. The van der Waals surface area contributed by atoms with E-state index in [1.54, 1.807) is 31.6 Å². The number of ether oxygens (including phenoxy) is 1. The first-order valence-corrected chi connectivity index (χ1v) is 6.67. The summed E-state index contributed by atoms with van der Waals surface area (Å²) in [5.74, 6) is 0.151. The highest BCUT2D eigenvalue weighted by Crippen LogP contribution is 2.21. The van der Waals surface area contributed by atoms with Gasteiger partial charge in [0, 0.05) is 23.7 Å². The molecule has 0 saturated carbocycles. The summed E-state index contributed by atoms with van der Waals surface area (Å²) in [6, 6.07) is 4.75. The highest BCUT2D eigenvalue weighted by Gasteiger charge is 2.10. The fourth-order valence-electron chi connectivity index (χ4n) is 2.03. The molecule has 0 radical (unpaired) electrons. The molecule has 2 aromatic rings. The molecule has 1 heterocycles. The molecule has 1 atom stereocenters. The van der Waals surface area contributed by atoms with Crippen LogP contribution >= 0.6 is 0 Å². The zero-order valence-corrected chi connectivity index (χ0v) is 12.0. The molecule has 20 heavy (non-hydrogen) atoms. The minimum absolute atomic E-state index is 0.313. The van der Waals surface area contributed by atoms with Gasteiger partial charge >= 0.3 is 0 Å². The van der Waals surface area contributed by atoms with Gasteiger partial charge in [-0.3, -0.25) is 0 Å². The van der Waals surface area contributed by atoms with Gasteiger partial charge in [-0.15, -0.1) is 0 Å². The number of benzene rings is 1. The van der Waals surface area contributed by atoms with E-state index in [0.29, 0.717) is 24.0 Å². The molecule has 5 heteroatoms. The lowest BCUT2D eigenvalue weighted by atomic mass is 10.1.